The molecule has 0 amide bonds. The zero-order valence-electron chi connectivity index (χ0n) is 9.93. The summed E-state index contributed by atoms with van der Waals surface area (Å²) in [5, 5.41) is 19.6. The summed E-state index contributed by atoms with van der Waals surface area (Å²) in [7, 11) is 0. The van der Waals surface area contributed by atoms with E-state index >= 15 is 0 Å². The van der Waals surface area contributed by atoms with Gasteiger partial charge in [-0.2, -0.15) is 0 Å². The zero-order chi connectivity index (χ0) is 12.4. The Kier molecular flexibility index (Phi) is 3.92. The highest BCUT2D eigenvalue weighted by Gasteiger charge is 2.27. The molecule has 1 fully saturated rings. The van der Waals surface area contributed by atoms with Gasteiger partial charge >= 0.3 is 0 Å². The third kappa shape index (κ3) is 2.73. The number of hydrogen-bond donors (Lipinski definition) is 2. The van der Waals surface area contributed by atoms with E-state index < -0.39 is 0 Å². The topological polar surface area (TPSA) is 43.7 Å². The minimum atomic E-state index is -0.281. The quantitative estimate of drug-likeness (QED) is 0.869. The van der Waals surface area contributed by atoms with Crippen LogP contribution in [0, 0.1) is 5.92 Å². The molecule has 0 aliphatic carbocycles. The van der Waals surface area contributed by atoms with Crippen LogP contribution in [0.3, 0.4) is 0 Å². The van der Waals surface area contributed by atoms with Crippen molar-refractivity contribution in [1.29, 1.82) is 0 Å². The molecule has 0 radical (unpaired) electrons. The molecule has 94 valence electrons. The van der Waals surface area contributed by atoms with Crippen molar-refractivity contribution in [2.45, 2.75) is 26.1 Å². The highest BCUT2D eigenvalue weighted by molar-refractivity contribution is 6.30. The van der Waals surface area contributed by atoms with Gasteiger partial charge in [-0.05, 0) is 25.5 Å². The predicted molar refractivity (Wildman–Crippen MR) is 69.4 cm³/mol. The van der Waals surface area contributed by atoms with Gasteiger partial charge in [0.25, 0.3) is 0 Å². The summed E-state index contributed by atoms with van der Waals surface area (Å²) in [6, 6.07) is 5.53. The van der Waals surface area contributed by atoms with Crippen molar-refractivity contribution in [3.63, 3.8) is 0 Å². The van der Waals surface area contributed by atoms with E-state index in [4.69, 9.17) is 11.6 Å². The monoisotopic (exact) mass is 255 g/mol. The Hall–Kier alpha value is -0.770. The molecular formula is C13H18ClNO2. The fraction of sp³-hybridized carbons (Fsp3) is 0.538. The molecule has 0 aromatic heterocycles. The van der Waals surface area contributed by atoms with Gasteiger partial charge in [0.15, 0.2) is 0 Å². The van der Waals surface area contributed by atoms with Gasteiger partial charge in [0.2, 0.25) is 0 Å². The first kappa shape index (κ1) is 12.7. The molecule has 2 unspecified atom stereocenters. The molecule has 2 rings (SSSR count). The summed E-state index contributed by atoms with van der Waals surface area (Å²) in [5.74, 6) is 0.306. The molecule has 2 N–H and O–H groups in total. The minimum absolute atomic E-state index is 0.0162. The lowest BCUT2D eigenvalue weighted by Gasteiger charge is -2.22. The molecule has 4 heteroatoms. The molecule has 0 saturated carbocycles. The summed E-state index contributed by atoms with van der Waals surface area (Å²) in [5.41, 5.74) is 1.88. The molecule has 1 aliphatic heterocycles. The highest BCUT2D eigenvalue weighted by atomic mass is 35.5. The van der Waals surface area contributed by atoms with Crippen LogP contribution < -0.4 is 4.90 Å². The van der Waals surface area contributed by atoms with Crippen LogP contribution in [0.4, 0.5) is 5.69 Å². The van der Waals surface area contributed by atoms with Gasteiger partial charge in [0.1, 0.15) is 0 Å². The van der Waals surface area contributed by atoms with Crippen LogP contribution in [0.15, 0.2) is 18.2 Å². The lowest BCUT2D eigenvalue weighted by Crippen LogP contribution is -2.24. The van der Waals surface area contributed by atoms with Crippen LogP contribution in [0.25, 0.3) is 0 Å². The van der Waals surface area contributed by atoms with Crippen LogP contribution in [0.2, 0.25) is 5.02 Å². The van der Waals surface area contributed by atoms with E-state index in [2.05, 4.69) is 4.90 Å². The fourth-order valence-electron chi connectivity index (χ4n) is 2.36. The Labute approximate surface area is 107 Å². The maximum absolute atomic E-state index is 9.60. The van der Waals surface area contributed by atoms with Gasteiger partial charge in [0.05, 0.1) is 12.7 Å². The van der Waals surface area contributed by atoms with E-state index in [0.717, 1.165) is 30.8 Å². The van der Waals surface area contributed by atoms with E-state index in [9.17, 15) is 10.2 Å². The van der Waals surface area contributed by atoms with Crippen molar-refractivity contribution in [3.8, 4) is 0 Å². The number of halogens is 1. The van der Waals surface area contributed by atoms with Crippen molar-refractivity contribution in [2.75, 3.05) is 18.0 Å². The van der Waals surface area contributed by atoms with Gasteiger partial charge in [-0.15, -0.1) is 0 Å². The predicted octanol–water partition coefficient (Wildman–Crippen LogP) is 2.04. The number of anilines is 1. The number of rotatable bonds is 3. The Morgan fingerprint density at radius 2 is 2.29 bits per heavy atom. The normalized spacial score (nSPS) is 21.9. The molecule has 0 spiro atoms. The molecule has 17 heavy (non-hydrogen) atoms. The summed E-state index contributed by atoms with van der Waals surface area (Å²) < 4.78 is 0. The maximum atomic E-state index is 9.60. The maximum Gasteiger partial charge on any atom is 0.0702 e. The van der Waals surface area contributed by atoms with Crippen LogP contribution in [0.5, 0.6) is 0 Å². The molecule has 1 aromatic rings. The van der Waals surface area contributed by atoms with Gasteiger partial charge in [-0.3, -0.25) is 0 Å². The van der Waals surface area contributed by atoms with E-state index in [1.807, 2.05) is 19.1 Å². The van der Waals surface area contributed by atoms with E-state index in [1.54, 1.807) is 6.07 Å². The van der Waals surface area contributed by atoms with Gasteiger partial charge in [-0.25, -0.2) is 0 Å². The second-order valence-electron chi connectivity index (χ2n) is 4.67. The Morgan fingerprint density at radius 1 is 1.53 bits per heavy atom. The first-order valence-corrected chi connectivity index (χ1v) is 6.32. The Bertz CT molecular complexity index is 395. The summed E-state index contributed by atoms with van der Waals surface area (Å²) in [6.07, 6.45) is 0.700. The first-order chi connectivity index (χ1) is 8.11. The van der Waals surface area contributed by atoms with Gasteiger partial charge in [-0.1, -0.05) is 17.7 Å². The molecule has 1 aromatic carbocycles. The number of benzene rings is 1. The van der Waals surface area contributed by atoms with Crippen LogP contribution in [-0.2, 0) is 6.61 Å². The molecular weight excluding hydrogens is 238 g/mol. The second-order valence-corrected chi connectivity index (χ2v) is 5.10. The van der Waals surface area contributed by atoms with E-state index in [1.165, 1.54) is 0 Å². The standard InChI is InChI=1S/C13H18ClNO2/c1-9(17)10-4-5-15(7-10)13-6-12(14)3-2-11(13)8-16/h2-3,6,9-10,16-17H,4-5,7-8H2,1H3. The second kappa shape index (κ2) is 5.25. The molecule has 1 aliphatic rings. The number of nitrogens with zero attached hydrogens (tertiary/aromatic N) is 1. The Balaban J connectivity index is 2.20. The van der Waals surface area contributed by atoms with Crippen molar-refractivity contribution in [1.82, 2.24) is 0 Å². The molecule has 1 saturated heterocycles. The molecule has 2 atom stereocenters. The Morgan fingerprint density at radius 3 is 2.88 bits per heavy atom. The van der Waals surface area contributed by atoms with Crippen molar-refractivity contribution in [2.24, 2.45) is 5.92 Å². The van der Waals surface area contributed by atoms with E-state index in [-0.39, 0.29) is 12.7 Å². The van der Waals surface area contributed by atoms with Crippen LogP contribution in [0.1, 0.15) is 18.9 Å². The zero-order valence-corrected chi connectivity index (χ0v) is 10.7. The van der Waals surface area contributed by atoms with Crippen molar-refractivity contribution < 1.29 is 10.2 Å². The minimum Gasteiger partial charge on any atom is -0.393 e. The summed E-state index contributed by atoms with van der Waals surface area (Å²) in [4.78, 5) is 2.19. The van der Waals surface area contributed by atoms with Crippen LogP contribution >= 0.6 is 11.6 Å². The van der Waals surface area contributed by atoms with E-state index in [0.29, 0.717) is 10.9 Å². The number of aliphatic hydroxyl groups is 2. The van der Waals surface area contributed by atoms with Crippen molar-refractivity contribution >= 4 is 17.3 Å². The fourth-order valence-corrected chi connectivity index (χ4v) is 2.53. The summed E-state index contributed by atoms with van der Waals surface area (Å²) in [6.45, 7) is 3.58. The third-order valence-electron chi connectivity index (χ3n) is 3.47. The van der Waals surface area contributed by atoms with Gasteiger partial charge < -0.3 is 15.1 Å². The smallest absolute Gasteiger partial charge is 0.0702 e. The lowest BCUT2D eigenvalue weighted by atomic mass is 10.0. The average molecular weight is 256 g/mol. The van der Waals surface area contributed by atoms with Crippen LogP contribution in [-0.4, -0.2) is 29.4 Å². The average Bonchev–Trinajstić information content (AvgIpc) is 2.78. The first-order valence-electron chi connectivity index (χ1n) is 5.94. The number of hydrogen-bond acceptors (Lipinski definition) is 3. The summed E-state index contributed by atoms with van der Waals surface area (Å²) >= 11 is 5.99. The van der Waals surface area contributed by atoms with Gasteiger partial charge in [0, 0.05) is 35.3 Å². The molecule has 3 nitrogen and oxygen atoms in total. The molecule has 1 heterocycles. The number of aliphatic hydroxyl groups excluding tert-OH is 2. The third-order valence-corrected chi connectivity index (χ3v) is 3.70. The highest BCUT2D eigenvalue weighted by Crippen LogP contribution is 2.30. The lowest BCUT2D eigenvalue weighted by molar-refractivity contribution is 0.136. The SMILES string of the molecule is CC(O)C1CCN(c2cc(Cl)ccc2CO)C1. The van der Waals surface area contributed by atoms with Crippen molar-refractivity contribution in [3.05, 3.63) is 28.8 Å². The molecule has 0 bridgehead atoms. The largest absolute Gasteiger partial charge is 0.393 e.